The molecule has 4 aromatic rings. The van der Waals surface area contributed by atoms with Crippen molar-refractivity contribution < 1.29 is 23.9 Å². The summed E-state index contributed by atoms with van der Waals surface area (Å²) in [6.45, 7) is 3.29. The molecular weight excluding hydrogens is 520 g/mol. The summed E-state index contributed by atoms with van der Waals surface area (Å²) in [5.74, 6) is -0.656. The minimum absolute atomic E-state index is 0.358. The molecule has 9 nitrogen and oxygen atoms in total. The quantitative estimate of drug-likeness (QED) is 0.225. The minimum atomic E-state index is -1.21. The summed E-state index contributed by atoms with van der Waals surface area (Å²) in [6.07, 6.45) is 11.6. The highest BCUT2D eigenvalue weighted by Crippen LogP contribution is 2.43. The van der Waals surface area contributed by atoms with Gasteiger partial charge in [0.1, 0.15) is 5.54 Å². The second-order valence-corrected chi connectivity index (χ2v) is 11.1. The van der Waals surface area contributed by atoms with Crippen molar-refractivity contribution >= 4 is 40.4 Å². The number of aromatic nitrogens is 2. The van der Waals surface area contributed by atoms with E-state index >= 15 is 0 Å². The number of rotatable bonds is 8. The van der Waals surface area contributed by atoms with E-state index in [1.807, 2.05) is 25.2 Å². The van der Waals surface area contributed by atoms with Crippen molar-refractivity contribution in [2.75, 3.05) is 5.32 Å². The molecule has 0 saturated heterocycles. The first-order chi connectivity index (χ1) is 19.6. The predicted octanol–water partition coefficient (Wildman–Crippen LogP) is 6.13. The molecule has 1 aliphatic carbocycles. The lowest BCUT2D eigenvalue weighted by atomic mass is 9.82. The Labute approximate surface area is 238 Å². The molecule has 3 N–H and O–H groups in total. The number of nitrogens with one attached hydrogen (secondary N) is 2. The standard InChI is InChI=1S/C32H34N4O5/c1-32(2,31(40)34-23-13-9-20(10-14-23)11-16-27(37)38)35-30(39)22-12-15-24-25(17-22)36(3)29(26-18-33-19-41-26)28(24)21-7-5-4-6-8-21/h9-19,21H,4-8H2,1-3H3,(H,34,40)(H,35,39)(H,37,38)/b16-11+. The number of fused-ring (bicyclic) bond motifs is 1. The van der Waals surface area contributed by atoms with E-state index in [1.165, 1.54) is 37.3 Å². The summed E-state index contributed by atoms with van der Waals surface area (Å²) in [7, 11) is 1.98. The average Bonchev–Trinajstić information content (AvgIpc) is 3.59. The molecule has 0 aliphatic heterocycles. The van der Waals surface area contributed by atoms with Gasteiger partial charge in [0.05, 0.1) is 11.9 Å². The first kappa shape index (κ1) is 27.9. The van der Waals surface area contributed by atoms with Crippen LogP contribution >= 0.6 is 0 Å². The lowest BCUT2D eigenvalue weighted by molar-refractivity contribution is -0.131. The van der Waals surface area contributed by atoms with Crippen molar-refractivity contribution in [2.45, 2.75) is 57.4 Å². The zero-order valence-electron chi connectivity index (χ0n) is 23.4. The molecule has 2 heterocycles. The molecule has 0 atom stereocenters. The van der Waals surface area contributed by atoms with E-state index in [0.29, 0.717) is 28.5 Å². The molecule has 212 valence electrons. The normalized spacial score (nSPS) is 14.4. The molecule has 0 unspecified atom stereocenters. The predicted molar refractivity (Wildman–Crippen MR) is 158 cm³/mol. The molecule has 1 saturated carbocycles. The molecule has 5 rings (SSSR count). The van der Waals surface area contributed by atoms with E-state index in [-0.39, 0.29) is 11.8 Å². The van der Waals surface area contributed by atoms with Gasteiger partial charge in [-0.1, -0.05) is 37.5 Å². The third-order valence-corrected chi connectivity index (χ3v) is 7.76. The van der Waals surface area contributed by atoms with Crippen LogP contribution in [0.25, 0.3) is 28.4 Å². The average molecular weight is 555 g/mol. The Morgan fingerprint density at radius 1 is 1.07 bits per heavy atom. The molecular formula is C32H34N4O5. The highest BCUT2D eigenvalue weighted by molar-refractivity contribution is 6.05. The Morgan fingerprint density at radius 2 is 1.80 bits per heavy atom. The van der Waals surface area contributed by atoms with Crippen LogP contribution in [-0.4, -0.2) is 38.0 Å². The first-order valence-electron chi connectivity index (χ1n) is 13.8. The highest BCUT2D eigenvalue weighted by atomic mass is 16.4. The number of carboxylic acids is 1. The maximum atomic E-state index is 13.4. The first-order valence-corrected chi connectivity index (χ1v) is 13.8. The molecule has 2 aromatic heterocycles. The second-order valence-electron chi connectivity index (χ2n) is 11.1. The summed E-state index contributed by atoms with van der Waals surface area (Å²) < 4.78 is 7.80. The Kier molecular flexibility index (Phi) is 7.79. The largest absolute Gasteiger partial charge is 0.478 e. The number of anilines is 1. The smallest absolute Gasteiger partial charge is 0.328 e. The molecule has 2 amide bonds. The van der Waals surface area contributed by atoms with Crippen molar-refractivity contribution in [3.05, 3.63) is 77.8 Å². The molecule has 41 heavy (non-hydrogen) atoms. The van der Waals surface area contributed by atoms with Crippen molar-refractivity contribution in [2.24, 2.45) is 7.05 Å². The van der Waals surface area contributed by atoms with Crippen LogP contribution in [0.2, 0.25) is 0 Å². The van der Waals surface area contributed by atoms with Crippen LogP contribution in [0.1, 0.15) is 73.4 Å². The lowest BCUT2D eigenvalue weighted by Gasteiger charge is -2.25. The topological polar surface area (TPSA) is 126 Å². The van der Waals surface area contributed by atoms with Crippen molar-refractivity contribution in [1.82, 2.24) is 14.9 Å². The molecule has 0 radical (unpaired) electrons. The molecule has 0 bridgehead atoms. The van der Waals surface area contributed by atoms with Gasteiger partial charge in [0.2, 0.25) is 5.91 Å². The highest BCUT2D eigenvalue weighted by Gasteiger charge is 2.31. The molecule has 1 fully saturated rings. The van der Waals surface area contributed by atoms with Gasteiger partial charge in [-0.3, -0.25) is 9.59 Å². The SMILES string of the molecule is Cn1c(-c2cnco2)c(C2CCCCC2)c2ccc(C(=O)NC(C)(C)C(=O)Nc3ccc(/C=C/C(=O)O)cc3)cc21. The van der Waals surface area contributed by atoms with Crippen LogP contribution in [-0.2, 0) is 16.6 Å². The van der Waals surface area contributed by atoms with Gasteiger partial charge in [0.15, 0.2) is 12.2 Å². The Balaban J connectivity index is 1.37. The second kappa shape index (κ2) is 11.4. The number of aryl methyl sites for hydroxylation is 1. The Bertz CT molecular complexity index is 1610. The van der Waals surface area contributed by atoms with Crippen molar-refractivity contribution in [1.29, 1.82) is 0 Å². The van der Waals surface area contributed by atoms with E-state index in [2.05, 4.69) is 20.2 Å². The summed E-state index contributed by atoms with van der Waals surface area (Å²) in [4.78, 5) is 41.3. The van der Waals surface area contributed by atoms with Crippen molar-refractivity contribution in [3.8, 4) is 11.5 Å². The van der Waals surface area contributed by atoms with Crippen LogP contribution in [0.4, 0.5) is 5.69 Å². The zero-order valence-corrected chi connectivity index (χ0v) is 23.4. The lowest BCUT2D eigenvalue weighted by Crippen LogP contribution is -2.52. The fraction of sp³-hybridized carbons (Fsp3) is 0.312. The van der Waals surface area contributed by atoms with Crippen LogP contribution in [0.15, 0.2) is 65.5 Å². The van der Waals surface area contributed by atoms with Gasteiger partial charge in [-0.2, -0.15) is 0 Å². The van der Waals surface area contributed by atoms with Crippen LogP contribution in [0.3, 0.4) is 0 Å². The maximum absolute atomic E-state index is 13.4. The summed E-state index contributed by atoms with van der Waals surface area (Å²) in [6, 6.07) is 12.4. The third kappa shape index (κ3) is 5.94. The van der Waals surface area contributed by atoms with Crippen LogP contribution in [0.5, 0.6) is 0 Å². The number of benzene rings is 2. The summed E-state index contributed by atoms with van der Waals surface area (Å²) >= 11 is 0. The number of carbonyl (C=O) groups is 3. The number of nitrogens with zero attached hydrogens (tertiary/aromatic N) is 2. The Morgan fingerprint density at radius 3 is 2.46 bits per heavy atom. The van der Waals surface area contributed by atoms with E-state index in [0.717, 1.165) is 35.5 Å². The number of hydrogen-bond acceptors (Lipinski definition) is 5. The Hall–Kier alpha value is -4.66. The summed E-state index contributed by atoms with van der Waals surface area (Å²) in [5, 5.41) is 15.6. The number of oxazole rings is 1. The van der Waals surface area contributed by atoms with E-state index in [1.54, 1.807) is 44.3 Å². The molecule has 0 spiro atoms. The van der Waals surface area contributed by atoms with Gasteiger partial charge < -0.3 is 24.7 Å². The zero-order chi connectivity index (χ0) is 29.1. The summed E-state index contributed by atoms with van der Waals surface area (Å²) in [5.41, 5.74) is 3.62. The van der Waals surface area contributed by atoms with Crippen LogP contribution < -0.4 is 10.6 Å². The fourth-order valence-electron chi connectivity index (χ4n) is 5.59. The number of aliphatic carboxylic acids is 1. The van der Waals surface area contributed by atoms with Crippen LogP contribution in [0, 0.1) is 0 Å². The van der Waals surface area contributed by atoms with E-state index in [9.17, 15) is 14.4 Å². The van der Waals surface area contributed by atoms with Gasteiger partial charge in [0.25, 0.3) is 5.91 Å². The van der Waals surface area contributed by atoms with E-state index < -0.39 is 11.5 Å². The third-order valence-electron chi connectivity index (χ3n) is 7.76. The fourth-order valence-corrected chi connectivity index (χ4v) is 5.59. The van der Waals surface area contributed by atoms with Gasteiger partial charge in [-0.15, -0.1) is 0 Å². The monoisotopic (exact) mass is 554 g/mol. The van der Waals surface area contributed by atoms with Gasteiger partial charge in [-0.25, -0.2) is 9.78 Å². The molecule has 9 heteroatoms. The maximum Gasteiger partial charge on any atom is 0.328 e. The van der Waals surface area contributed by atoms with E-state index in [4.69, 9.17) is 9.52 Å². The number of carboxylic acid groups (broad SMARTS) is 1. The minimum Gasteiger partial charge on any atom is -0.478 e. The van der Waals surface area contributed by atoms with Gasteiger partial charge in [-0.05, 0) is 74.1 Å². The number of amides is 2. The van der Waals surface area contributed by atoms with Gasteiger partial charge >= 0.3 is 5.97 Å². The molecule has 1 aliphatic rings. The molecule has 2 aromatic carbocycles. The van der Waals surface area contributed by atoms with Gasteiger partial charge in [0, 0.05) is 35.3 Å². The number of carbonyl (C=O) groups excluding carboxylic acids is 2. The van der Waals surface area contributed by atoms with Crippen molar-refractivity contribution in [3.63, 3.8) is 0 Å². The number of hydrogen-bond donors (Lipinski definition) is 3.